The molecule has 0 aliphatic carbocycles. The van der Waals surface area contributed by atoms with Gasteiger partial charge in [-0.1, -0.05) is 18.2 Å². The van der Waals surface area contributed by atoms with Gasteiger partial charge >= 0.3 is 12.4 Å². The third-order valence-corrected chi connectivity index (χ3v) is 6.59. The monoisotopic (exact) mass is 496 g/mol. The van der Waals surface area contributed by atoms with Crippen molar-refractivity contribution in [1.29, 1.82) is 0 Å². The molecule has 2 aromatic rings. The number of carbonyl (C=O) groups excluding carboxylic acids is 1. The number of hydrogen-bond donors (Lipinski definition) is 2. The van der Waals surface area contributed by atoms with Gasteiger partial charge in [-0.2, -0.15) is 26.3 Å². The van der Waals surface area contributed by atoms with Crippen LogP contribution in [0.2, 0.25) is 0 Å². The highest BCUT2D eigenvalue weighted by Crippen LogP contribution is 2.50. The van der Waals surface area contributed by atoms with Gasteiger partial charge in [-0.25, -0.2) is 8.42 Å². The Kier molecular flexibility index (Phi) is 5.95. The average Bonchev–Trinajstić information content (AvgIpc) is 2.69. The highest BCUT2D eigenvalue weighted by atomic mass is 32.2. The van der Waals surface area contributed by atoms with Crippen molar-refractivity contribution in [3.63, 3.8) is 0 Å². The first-order valence-electron chi connectivity index (χ1n) is 9.33. The molecule has 1 aliphatic heterocycles. The smallest absolute Gasteiger partial charge is 0.369 e. The van der Waals surface area contributed by atoms with Gasteiger partial charge in [0.25, 0.3) is 5.60 Å². The van der Waals surface area contributed by atoms with Gasteiger partial charge in [0.05, 0.1) is 4.90 Å². The van der Waals surface area contributed by atoms with Gasteiger partial charge in [-0.15, -0.1) is 0 Å². The zero-order valence-corrected chi connectivity index (χ0v) is 17.7. The Hall–Kier alpha value is -2.80. The van der Waals surface area contributed by atoms with Gasteiger partial charge in [0, 0.05) is 24.1 Å². The maximum atomic E-state index is 13.1. The summed E-state index contributed by atoms with van der Waals surface area (Å²) in [6.45, 7) is 0.0793. The number of hydrogen-bond acceptors (Lipinski definition) is 5. The number of aliphatic hydroxyl groups is 1. The number of nitrogens with zero attached hydrogens (tertiary/aromatic N) is 1. The molecule has 3 rings (SSSR count). The molecule has 0 bridgehead atoms. The molecule has 180 valence electrons. The standard InChI is InChI=1S/C20H18F6N2O4S/c1-33(31,32)14-6-7-15-11(10-14)8-9-28(16(15)17(27)29)13-4-2-12(3-5-13)18(30,19(21,22)23)20(24,25)26/h2-7,10,16,30H,8-9H2,1H3,(H2,27,29). The van der Waals surface area contributed by atoms with E-state index >= 15 is 0 Å². The van der Waals surface area contributed by atoms with Crippen LogP contribution in [0.3, 0.4) is 0 Å². The van der Waals surface area contributed by atoms with E-state index < -0.39 is 45.3 Å². The van der Waals surface area contributed by atoms with Crippen molar-refractivity contribution in [2.45, 2.75) is 35.3 Å². The Bertz CT molecular complexity index is 1160. The van der Waals surface area contributed by atoms with Crippen molar-refractivity contribution in [3.8, 4) is 0 Å². The van der Waals surface area contributed by atoms with Crippen LogP contribution in [0, 0.1) is 0 Å². The molecule has 0 fully saturated rings. The fourth-order valence-corrected chi connectivity index (χ4v) is 4.47. The molecule has 13 heteroatoms. The van der Waals surface area contributed by atoms with Crippen LogP contribution in [-0.2, 0) is 26.7 Å². The Balaban J connectivity index is 2.03. The zero-order valence-electron chi connectivity index (χ0n) is 16.9. The normalized spacial score (nSPS) is 17.6. The number of primary amides is 1. The van der Waals surface area contributed by atoms with Crippen LogP contribution in [0.4, 0.5) is 32.0 Å². The minimum atomic E-state index is -6.02. The van der Waals surface area contributed by atoms with Crippen molar-refractivity contribution in [3.05, 3.63) is 59.2 Å². The number of alkyl halides is 6. The van der Waals surface area contributed by atoms with Crippen LogP contribution >= 0.6 is 0 Å². The summed E-state index contributed by atoms with van der Waals surface area (Å²) in [4.78, 5) is 13.6. The van der Waals surface area contributed by atoms with Gasteiger partial charge in [0.1, 0.15) is 6.04 Å². The van der Waals surface area contributed by atoms with Crippen molar-refractivity contribution >= 4 is 21.4 Å². The van der Waals surface area contributed by atoms with Crippen molar-refractivity contribution in [1.82, 2.24) is 0 Å². The number of amides is 1. The summed E-state index contributed by atoms with van der Waals surface area (Å²) in [6.07, 6.45) is -10.8. The number of nitrogens with two attached hydrogens (primary N) is 1. The summed E-state index contributed by atoms with van der Waals surface area (Å²) in [5.41, 5.74) is -0.0101. The highest BCUT2D eigenvalue weighted by molar-refractivity contribution is 7.90. The summed E-state index contributed by atoms with van der Waals surface area (Å²) in [5.74, 6) is -0.853. The number of anilines is 1. The van der Waals surface area contributed by atoms with Gasteiger partial charge < -0.3 is 15.7 Å². The first-order chi connectivity index (χ1) is 15.0. The van der Waals surface area contributed by atoms with E-state index in [-0.39, 0.29) is 23.5 Å². The lowest BCUT2D eigenvalue weighted by molar-refractivity contribution is -0.376. The number of fused-ring (bicyclic) bond motifs is 1. The van der Waals surface area contributed by atoms with E-state index in [0.717, 1.165) is 18.4 Å². The van der Waals surface area contributed by atoms with E-state index in [2.05, 4.69) is 0 Å². The predicted octanol–water partition coefficient (Wildman–Crippen LogP) is 2.99. The summed E-state index contributed by atoms with van der Waals surface area (Å²) in [7, 11) is -3.52. The fourth-order valence-electron chi connectivity index (χ4n) is 3.80. The Labute approximate surface area is 184 Å². The maximum absolute atomic E-state index is 13.1. The zero-order chi connectivity index (χ0) is 25.0. The van der Waals surface area contributed by atoms with E-state index in [9.17, 15) is 44.7 Å². The lowest BCUT2D eigenvalue weighted by Gasteiger charge is -2.38. The molecule has 0 spiro atoms. The van der Waals surface area contributed by atoms with Gasteiger partial charge in [-0.3, -0.25) is 4.79 Å². The van der Waals surface area contributed by atoms with Crippen LogP contribution in [0.1, 0.15) is 22.7 Å². The van der Waals surface area contributed by atoms with E-state index in [1.54, 1.807) is 0 Å². The Morgan fingerprint density at radius 3 is 2.03 bits per heavy atom. The second-order valence-electron chi connectivity index (χ2n) is 7.63. The molecule has 33 heavy (non-hydrogen) atoms. The SMILES string of the molecule is CS(=O)(=O)c1ccc2c(c1)CCN(c1ccc(C(O)(C(F)(F)F)C(F)(F)F)cc1)C2C(N)=O. The van der Waals surface area contributed by atoms with Crippen LogP contribution in [-0.4, -0.2) is 44.6 Å². The molecule has 3 N–H and O–H groups in total. The summed E-state index contributed by atoms with van der Waals surface area (Å²) >= 11 is 0. The third kappa shape index (κ3) is 4.26. The molecule has 6 nitrogen and oxygen atoms in total. The lowest BCUT2D eigenvalue weighted by Crippen LogP contribution is -2.53. The minimum absolute atomic E-state index is 0.0286. The fraction of sp³-hybridized carbons (Fsp3) is 0.350. The van der Waals surface area contributed by atoms with Crippen LogP contribution < -0.4 is 10.6 Å². The van der Waals surface area contributed by atoms with E-state index in [0.29, 0.717) is 23.3 Å². The molecule has 1 heterocycles. The first kappa shape index (κ1) is 24.8. The predicted molar refractivity (Wildman–Crippen MR) is 105 cm³/mol. The molecule has 2 aromatic carbocycles. The number of sulfone groups is 1. The Morgan fingerprint density at radius 2 is 1.58 bits per heavy atom. The number of benzene rings is 2. The largest absolute Gasteiger partial charge is 0.430 e. The van der Waals surface area contributed by atoms with Crippen LogP contribution in [0.5, 0.6) is 0 Å². The average molecular weight is 496 g/mol. The van der Waals surface area contributed by atoms with E-state index in [4.69, 9.17) is 5.73 Å². The Morgan fingerprint density at radius 1 is 1.03 bits per heavy atom. The first-order valence-corrected chi connectivity index (χ1v) is 11.2. The summed E-state index contributed by atoms with van der Waals surface area (Å²) < 4.78 is 102. The van der Waals surface area contributed by atoms with E-state index in [1.165, 1.54) is 23.1 Å². The second-order valence-corrected chi connectivity index (χ2v) is 9.65. The number of rotatable bonds is 4. The minimum Gasteiger partial charge on any atom is -0.369 e. The van der Waals surface area contributed by atoms with Gasteiger partial charge in [-0.05, 0) is 41.8 Å². The summed E-state index contributed by atoms with van der Waals surface area (Å²) in [6, 6.07) is 5.74. The molecular formula is C20H18F6N2O4S. The number of halogens is 6. The lowest BCUT2D eigenvalue weighted by atomic mass is 9.90. The van der Waals surface area contributed by atoms with Crippen molar-refractivity contribution < 1.29 is 44.7 Å². The van der Waals surface area contributed by atoms with Crippen LogP contribution in [0.15, 0.2) is 47.4 Å². The quantitative estimate of drug-likeness (QED) is 0.634. The van der Waals surface area contributed by atoms with Crippen molar-refractivity contribution in [2.24, 2.45) is 5.73 Å². The van der Waals surface area contributed by atoms with Crippen molar-refractivity contribution in [2.75, 3.05) is 17.7 Å². The third-order valence-electron chi connectivity index (χ3n) is 5.48. The maximum Gasteiger partial charge on any atom is 0.430 e. The molecule has 1 amide bonds. The molecule has 0 saturated heterocycles. The molecule has 0 radical (unpaired) electrons. The van der Waals surface area contributed by atoms with Crippen LogP contribution in [0.25, 0.3) is 0 Å². The second kappa shape index (κ2) is 7.90. The molecule has 1 atom stereocenters. The number of carbonyl (C=O) groups is 1. The van der Waals surface area contributed by atoms with E-state index in [1.807, 2.05) is 0 Å². The molecule has 1 unspecified atom stereocenters. The van der Waals surface area contributed by atoms with Gasteiger partial charge in [0.15, 0.2) is 9.84 Å². The highest BCUT2D eigenvalue weighted by Gasteiger charge is 2.71. The van der Waals surface area contributed by atoms with Gasteiger partial charge in [0.2, 0.25) is 5.91 Å². The topological polar surface area (TPSA) is 101 Å². The summed E-state index contributed by atoms with van der Waals surface area (Å²) in [5, 5.41) is 9.53. The molecule has 0 aromatic heterocycles. The molecule has 0 saturated carbocycles. The molecule has 1 aliphatic rings. The molecular weight excluding hydrogens is 478 g/mol.